The maximum atomic E-state index is 11.5. The van der Waals surface area contributed by atoms with Crippen LogP contribution in [0.15, 0.2) is 48.5 Å². The van der Waals surface area contributed by atoms with Crippen LogP contribution in [0, 0.1) is 0 Å². The van der Waals surface area contributed by atoms with Crippen LogP contribution in [-0.2, 0) is 11.2 Å². The van der Waals surface area contributed by atoms with E-state index in [-0.39, 0.29) is 5.97 Å². The van der Waals surface area contributed by atoms with E-state index in [4.69, 9.17) is 4.74 Å². The normalized spacial score (nSPS) is 10.1. The molecular formula is C16H16O2. The minimum absolute atomic E-state index is 0.288. The van der Waals surface area contributed by atoms with Crippen LogP contribution in [0.3, 0.4) is 0 Å². The van der Waals surface area contributed by atoms with Crippen LogP contribution in [0.5, 0.6) is 0 Å². The molecule has 0 saturated carbocycles. The van der Waals surface area contributed by atoms with E-state index in [1.54, 1.807) is 0 Å². The molecule has 0 aliphatic rings. The summed E-state index contributed by atoms with van der Waals surface area (Å²) in [5.74, 6) is -0.288. The number of ether oxygens (including phenoxy) is 1. The Hall–Kier alpha value is -2.09. The van der Waals surface area contributed by atoms with E-state index >= 15 is 0 Å². The Labute approximate surface area is 107 Å². The first-order valence-electron chi connectivity index (χ1n) is 6.03. The van der Waals surface area contributed by atoms with E-state index in [0.29, 0.717) is 5.56 Å². The summed E-state index contributed by atoms with van der Waals surface area (Å²) >= 11 is 0. The van der Waals surface area contributed by atoms with Gasteiger partial charge in [0, 0.05) is 0 Å². The van der Waals surface area contributed by atoms with Crippen molar-refractivity contribution in [1.82, 2.24) is 0 Å². The first kappa shape index (κ1) is 12.4. The van der Waals surface area contributed by atoms with Gasteiger partial charge in [0.15, 0.2) is 0 Å². The van der Waals surface area contributed by atoms with Gasteiger partial charge in [0.25, 0.3) is 0 Å². The van der Waals surface area contributed by atoms with Crippen molar-refractivity contribution in [3.8, 4) is 11.1 Å². The number of benzene rings is 2. The maximum Gasteiger partial charge on any atom is 0.337 e. The largest absolute Gasteiger partial charge is 0.465 e. The zero-order valence-corrected chi connectivity index (χ0v) is 10.6. The highest BCUT2D eigenvalue weighted by molar-refractivity contribution is 5.90. The number of carbonyl (C=O) groups excluding carboxylic acids is 1. The van der Waals surface area contributed by atoms with Crippen molar-refractivity contribution >= 4 is 5.97 Å². The molecule has 0 spiro atoms. The number of aryl methyl sites for hydroxylation is 1. The number of methoxy groups -OCH3 is 1. The van der Waals surface area contributed by atoms with Crippen LogP contribution in [0.1, 0.15) is 22.8 Å². The molecular weight excluding hydrogens is 224 g/mol. The lowest BCUT2D eigenvalue weighted by molar-refractivity contribution is 0.0600. The number of carbonyl (C=O) groups is 1. The molecule has 0 unspecified atom stereocenters. The second kappa shape index (κ2) is 5.50. The van der Waals surface area contributed by atoms with Gasteiger partial charge in [-0.25, -0.2) is 4.79 Å². The van der Waals surface area contributed by atoms with Crippen molar-refractivity contribution in [2.24, 2.45) is 0 Å². The van der Waals surface area contributed by atoms with Crippen LogP contribution in [0.25, 0.3) is 11.1 Å². The van der Waals surface area contributed by atoms with Gasteiger partial charge < -0.3 is 4.74 Å². The molecule has 2 heteroatoms. The standard InChI is InChI=1S/C16H16O2/c1-3-12-11-14(16(17)18-2)9-10-15(12)13-7-5-4-6-8-13/h4-11H,3H2,1-2H3. The molecule has 2 aromatic rings. The molecule has 0 N–H and O–H groups in total. The molecule has 0 heterocycles. The Kier molecular flexibility index (Phi) is 3.78. The molecule has 92 valence electrons. The first-order valence-corrected chi connectivity index (χ1v) is 6.03. The highest BCUT2D eigenvalue weighted by Gasteiger charge is 2.09. The molecule has 0 aromatic heterocycles. The fourth-order valence-electron chi connectivity index (χ4n) is 2.03. The Morgan fingerprint density at radius 3 is 2.44 bits per heavy atom. The van der Waals surface area contributed by atoms with Gasteiger partial charge in [-0.05, 0) is 35.2 Å². The van der Waals surface area contributed by atoms with E-state index in [1.165, 1.54) is 18.2 Å². The molecule has 0 amide bonds. The van der Waals surface area contributed by atoms with Gasteiger partial charge in [0.2, 0.25) is 0 Å². The van der Waals surface area contributed by atoms with Crippen molar-refractivity contribution in [2.75, 3.05) is 7.11 Å². The summed E-state index contributed by atoms with van der Waals surface area (Å²) in [6.07, 6.45) is 0.884. The zero-order chi connectivity index (χ0) is 13.0. The van der Waals surface area contributed by atoms with Crippen LogP contribution < -0.4 is 0 Å². The SMILES string of the molecule is CCc1cc(C(=O)OC)ccc1-c1ccccc1. The van der Waals surface area contributed by atoms with Gasteiger partial charge >= 0.3 is 5.97 Å². The number of hydrogen-bond acceptors (Lipinski definition) is 2. The third-order valence-electron chi connectivity index (χ3n) is 2.99. The lowest BCUT2D eigenvalue weighted by atomic mass is 9.96. The van der Waals surface area contributed by atoms with Crippen molar-refractivity contribution in [3.63, 3.8) is 0 Å². The Morgan fingerprint density at radius 2 is 1.83 bits per heavy atom. The lowest BCUT2D eigenvalue weighted by Gasteiger charge is -2.10. The van der Waals surface area contributed by atoms with Gasteiger partial charge in [-0.15, -0.1) is 0 Å². The summed E-state index contributed by atoms with van der Waals surface area (Å²) in [6.45, 7) is 2.09. The summed E-state index contributed by atoms with van der Waals surface area (Å²) in [6, 6.07) is 15.9. The third-order valence-corrected chi connectivity index (χ3v) is 2.99. The van der Waals surface area contributed by atoms with Crippen molar-refractivity contribution < 1.29 is 9.53 Å². The number of esters is 1. The minimum Gasteiger partial charge on any atom is -0.465 e. The van der Waals surface area contributed by atoms with Crippen LogP contribution in [0.2, 0.25) is 0 Å². The van der Waals surface area contributed by atoms with E-state index in [1.807, 2.05) is 36.4 Å². The smallest absolute Gasteiger partial charge is 0.337 e. The Bertz CT molecular complexity index is 544. The average molecular weight is 240 g/mol. The second-order valence-corrected chi connectivity index (χ2v) is 4.08. The number of rotatable bonds is 3. The molecule has 0 bridgehead atoms. The molecule has 0 fully saturated rings. The summed E-state index contributed by atoms with van der Waals surface area (Å²) in [5, 5.41) is 0. The fraction of sp³-hybridized carbons (Fsp3) is 0.188. The van der Waals surface area contributed by atoms with Crippen molar-refractivity contribution in [2.45, 2.75) is 13.3 Å². The predicted molar refractivity (Wildman–Crippen MR) is 72.6 cm³/mol. The van der Waals surface area contributed by atoms with Crippen LogP contribution in [-0.4, -0.2) is 13.1 Å². The van der Waals surface area contributed by atoms with Gasteiger partial charge in [0.05, 0.1) is 12.7 Å². The third kappa shape index (κ3) is 2.43. The van der Waals surface area contributed by atoms with Gasteiger partial charge in [-0.1, -0.05) is 43.3 Å². The average Bonchev–Trinajstić information content (AvgIpc) is 2.46. The summed E-state index contributed by atoms with van der Waals surface area (Å²) in [7, 11) is 1.40. The zero-order valence-electron chi connectivity index (χ0n) is 10.6. The maximum absolute atomic E-state index is 11.5. The molecule has 0 aliphatic carbocycles. The molecule has 18 heavy (non-hydrogen) atoms. The van der Waals surface area contributed by atoms with E-state index in [9.17, 15) is 4.79 Å². The highest BCUT2D eigenvalue weighted by atomic mass is 16.5. The van der Waals surface area contributed by atoms with Crippen LogP contribution >= 0.6 is 0 Å². The lowest BCUT2D eigenvalue weighted by Crippen LogP contribution is -2.02. The molecule has 2 nitrogen and oxygen atoms in total. The summed E-state index contributed by atoms with van der Waals surface area (Å²) < 4.78 is 4.74. The molecule has 2 rings (SSSR count). The van der Waals surface area contributed by atoms with Gasteiger partial charge in [-0.2, -0.15) is 0 Å². The van der Waals surface area contributed by atoms with E-state index in [2.05, 4.69) is 19.1 Å². The second-order valence-electron chi connectivity index (χ2n) is 4.08. The summed E-state index contributed by atoms with van der Waals surface area (Å²) in [4.78, 5) is 11.5. The van der Waals surface area contributed by atoms with Crippen molar-refractivity contribution in [1.29, 1.82) is 0 Å². The number of hydrogen-bond donors (Lipinski definition) is 0. The van der Waals surface area contributed by atoms with Crippen LogP contribution in [0.4, 0.5) is 0 Å². The van der Waals surface area contributed by atoms with E-state index < -0.39 is 0 Å². The molecule has 0 radical (unpaired) electrons. The molecule has 0 aliphatic heterocycles. The Morgan fingerprint density at radius 1 is 1.11 bits per heavy atom. The minimum atomic E-state index is -0.288. The Balaban J connectivity index is 2.47. The summed E-state index contributed by atoms with van der Waals surface area (Å²) in [5.41, 5.74) is 4.11. The highest BCUT2D eigenvalue weighted by Crippen LogP contribution is 2.25. The predicted octanol–water partition coefficient (Wildman–Crippen LogP) is 3.70. The van der Waals surface area contributed by atoms with Crippen molar-refractivity contribution in [3.05, 3.63) is 59.7 Å². The fourth-order valence-corrected chi connectivity index (χ4v) is 2.03. The topological polar surface area (TPSA) is 26.3 Å². The first-order chi connectivity index (χ1) is 8.76. The monoisotopic (exact) mass is 240 g/mol. The molecule has 0 atom stereocenters. The quantitative estimate of drug-likeness (QED) is 0.764. The molecule has 2 aromatic carbocycles. The molecule has 0 saturated heterocycles. The van der Waals surface area contributed by atoms with Gasteiger partial charge in [-0.3, -0.25) is 0 Å². The van der Waals surface area contributed by atoms with E-state index in [0.717, 1.165) is 12.0 Å². The van der Waals surface area contributed by atoms with Gasteiger partial charge in [0.1, 0.15) is 0 Å².